The molecule has 4 heteroatoms. The maximum absolute atomic E-state index is 5.86. The first-order valence-corrected chi connectivity index (χ1v) is 7.30. The monoisotopic (exact) mass is 306 g/mol. The van der Waals surface area contributed by atoms with E-state index in [1.54, 1.807) is 6.07 Å². The Morgan fingerprint density at radius 3 is 2.22 bits per heavy atom. The van der Waals surface area contributed by atoms with E-state index in [-0.39, 0.29) is 0 Å². The molecule has 116 valence electrons. The summed E-state index contributed by atoms with van der Waals surface area (Å²) in [5, 5.41) is 0. The van der Waals surface area contributed by atoms with Gasteiger partial charge in [-0.3, -0.25) is 0 Å². The van der Waals surface area contributed by atoms with Crippen molar-refractivity contribution in [3.8, 4) is 17.2 Å². The molecule has 23 heavy (non-hydrogen) atoms. The maximum Gasteiger partial charge on any atom is 0.150 e. The molecule has 0 unspecified atom stereocenters. The lowest BCUT2D eigenvalue weighted by Crippen LogP contribution is -1.96. The van der Waals surface area contributed by atoms with Crippen molar-refractivity contribution in [2.75, 3.05) is 11.5 Å². The zero-order valence-corrected chi connectivity index (χ0v) is 12.6. The molecule has 0 aliphatic heterocycles. The quantitative estimate of drug-likeness (QED) is 0.692. The minimum absolute atomic E-state index is 0.469. The molecule has 4 nitrogen and oxygen atoms in total. The largest absolute Gasteiger partial charge is 0.489 e. The Morgan fingerprint density at radius 2 is 1.48 bits per heavy atom. The highest BCUT2D eigenvalue weighted by molar-refractivity contribution is 5.53. The van der Waals surface area contributed by atoms with E-state index in [4.69, 9.17) is 20.9 Å². The van der Waals surface area contributed by atoms with Crippen LogP contribution in [0.4, 0.5) is 11.4 Å². The van der Waals surface area contributed by atoms with E-state index in [0.717, 1.165) is 17.0 Å². The Bertz CT molecular complexity index is 785. The van der Waals surface area contributed by atoms with Crippen LogP contribution in [0.15, 0.2) is 72.8 Å². The van der Waals surface area contributed by atoms with Gasteiger partial charge in [-0.15, -0.1) is 0 Å². The van der Waals surface area contributed by atoms with Crippen molar-refractivity contribution in [1.29, 1.82) is 0 Å². The molecule has 3 aromatic rings. The van der Waals surface area contributed by atoms with Crippen LogP contribution in [0.1, 0.15) is 5.56 Å². The normalized spacial score (nSPS) is 10.3. The van der Waals surface area contributed by atoms with Crippen molar-refractivity contribution in [3.05, 3.63) is 78.4 Å². The molecule has 4 N–H and O–H groups in total. The Kier molecular flexibility index (Phi) is 4.34. The molecule has 0 aliphatic rings. The van der Waals surface area contributed by atoms with Gasteiger partial charge in [0.15, 0.2) is 0 Å². The Morgan fingerprint density at radius 1 is 0.739 bits per heavy atom. The van der Waals surface area contributed by atoms with Crippen molar-refractivity contribution >= 4 is 11.4 Å². The van der Waals surface area contributed by atoms with Gasteiger partial charge in [-0.25, -0.2) is 0 Å². The second-order valence-corrected chi connectivity index (χ2v) is 5.15. The molecule has 0 saturated heterocycles. The molecule has 0 aliphatic carbocycles. The first-order chi connectivity index (χ1) is 11.2. The molecule has 0 spiro atoms. The lowest BCUT2D eigenvalue weighted by atomic mass is 10.2. The van der Waals surface area contributed by atoms with Gasteiger partial charge in [0.1, 0.15) is 23.9 Å². The third kappa shape index (κ3) is 3.95. The molecule has 0 radical (unpaired) electrons. The molecule has 3 rings (SSSR count). The molecule has 0 bridgehead atoms. The predicted octanol–water partition coefficient (Wildman–Crippen LogP) is 4.22. The van der Waals surface area contributed by atoms with Gasteiger partial charge < -0.3 is 20.9 Å². The molecule has 0 heterocycles. The van der Waals surface area contributed by atoms with Gasteiger partial charge in [0.25, 0.3) is 0 Å². The van der Waals surface area contributed by atoms with Gasteiger partial charge in [0.05, 0.1) is 5.69 Å². The second kappa shape index (κ2) is 6.75. The fourth-order valence-electron chi connectivity index (χ4n) is 2.15. The molecular formula is C19H18N2O2. The summed E-state index contributed by atoms with van der Waals surface area (Å²) in [5.41, 5.74) is 14.0. The second-order valence-electron chi connectivity index (χ2n) is 5.15. The molecular weight excluding hydrogens is 288 g/mol. The van der Waals surface area contributed by atoms with Gasteiger partial charge in [0.2, 0.25) is 0 Å². The molecule has 3 aromatic carbocycles. The average Bonchev–Trinajstić information content (AvgIpc) is 2.56. The molecule has 0 amide bonds. The van der Waals surface area contributed by atoms with Crippen LogP contribution in [0.5, 0.6) is 17.2 Å². The van der Waals surface area contributed by atoms with E-state index < -0.39 is 0 Å². The minimum Gasteiger partial charge on any atom is -0.489 e. The zero-order valence-electron chi connectivity index (χ0n) is 12.6. The number of ether oxygens (including phenoxy) is 2. The number of para-hydroxylation sites is 2. The summed E-state index contributed by atoms with van der Waals surface area (Å²) < 4.78 is 11.5. The maximum atomic E-state index is 5.86. The van der Waals surface area contributed by atoms with E-state index >= 15 is 0 Å². The lowest BCUT2D eigenvalue weighted by molar-refractivity contribution is 0.306. The molecule has 0 atom stereocenters. The summed E-state index contributed by atoms with van der Waals surface area (Å²) in [6, 6.07) is 22.5. The number of hydrogen-bond acceptors (Lipinski definition) is 4. The summed E-state index contributed by atoms with van der Waals surface area (Å²) >= 11 is 0. The van der Waals surface area contributed by atoms with Gasteiger partial charge in [0, 0.05) is 5.69 Å². The topological polar surface area (TPSA) is 70.5 Å². The van der Waals surface area contributed by atoms with E-state index in [1.165, 1.54) is 0 Å². The number of nitrogen functional groups attached to an aromatic ring is 2. The van der Waals surface area contributed by atoms with Crippen LogP contribution in [0, 0.1) is 0 Å². The van der Waals surface area contributed by atoms with Gasteiger partial charge in [-0.2, -0.15) is 0 Å². The highest BCUT2D eigenvalue weighted by Gasteiger charge is 2.02. The van der Waals surface area contributed by atoms with Crippen LogP contribution in [-0.4, -0.2) is 0 Å². The van der Waals surface area contributed by atoms with Gasteiger partial charge >= 0.3 is 0 Å². The highest BCUT2D eigenvalue weighted by atomic mass is 16.5. The summed E-state index contributed by atoms with van der Waals surface area (Å²) in [4.78, 5) is 0. The average molecular weight is 306 g/mol. The van der Waals surface area contributed by atoms with Crippen LogP contribution in [0.25, 0.3) is 0 Å². The summed E-state index contributed by atoms with van der Waals surface area (Å²) in [6.07, 6.45) is 0. The van der Waals surface area contributed by atoms with Crippen molar-refractivity contribution in [3.63, 3.8) is 0 Å². The van der Waals surface area contributed by atoms with E-state index in [9.17, 15) is 0 Å². The van der Waals surface area contributed by atoms with Crippen molar-refractivity contribution in [2.24, 2.45) is 0 Å². The SMILES string of the molecule is Nc1cccc(COc2ccc(Oc3ccccc3N)cc2)c1. The van der Waals surface area contributed by atoms with Crippen LogP contribution < -0.4 is 20.9 Å². The number of benzene rings is 3. The fraction of sp³-hybridized carbons (Fsp3) is 0.0526. The van der Waals surface area contributed by atoms with Crippen molar-refractivity contribution < 1.29 is 9.47 Å². The third-order valence-corrected chi connectivity index (χ3v) is 3.33. The lowest BCUT2D eigenvalue weighted by Gasteiger charge is -2.10. The van der Waals surface area contributed by atoms with Gasteiger partial charge in [-0.05, 0) is 54.1 Å². The fourth-order valence-corrected chi connectivity index (χ4v) is 2.15. The predicted molar refractivity (Wildman–Crippen MR) is 92.6 cm³/mol. The molecule has 0 fully saturated rings. The third-order valence-electron chi connectivity index (χ3n) is 3.33. The van der Waals surface area contributed by atoms with Crippen molar-refractivity contribution in [2.45, 2.75) is 6.61 Å². The number of nitrogens with two attached hydrogens (primary N) is 2. The zero-order chi connectivity index (χ0) is 16.1. The smallest absolute Gasteiger partial charge is 0.150 e. The number of anilines is 2. The summed E-state index contributed by atoms with van der Waals surface area (Å²) in [6.45, 7) is 0.469. The van der Waals surface area contributed by atoms with E-state index in [1.807, 2.05) is 66.7 Å². The summed E-state index contributed by atoms with van der Waals surface area (Å²) in [7, 11) is 0. The van der Waals surface area contributed by atoms with Crippen molar-refractivity contribution in [1.82, 2.24) is 0 Å². The van der Waals surface area contributed by atoms with Crippen LogP contribution in [0.3, 0.4) is 0 Å². The minimum atomic E-state index is 0.469. The van der Waals surface area contributed by atoms with Crippen LogP contribution in [0.2, 0.25) is 0 Å². The van der Waals surface area contributed by atoms with Gasteiger partial charge in [-0.1, -0.05) is 24.3 Å². The van der Waals surface area contributed by atoms with E-state index in [0.29, 0.717) is 23.8 Å². The molecule has 0 aromatic heterocycles. The Hall–Kier alpha value is -3.14. The van der Waals surface area contributed by atoms with Crippen LogP contribution >= 0.6 is 0 Å². The number of hydrogen-bond donors (Lipinski definition) is 2. The Labute approximate surface area is 135 Å². The molecule has 0 saturated carbocycles. The van der Waals surface area contributed by atoms with E-state index in [2.05, 4.69) is 0 Å². The first-order valence-electron chi connectivity index (χ1n) is 7.30. The standard InChI is InChI=1S/C19H18N2O2/c20-15-5-3-4-14(12-15)13-22-16-8-10-17(11-9-16)23-19-7-2-1-6-18(19)21/h1-12H,13,20-21H2. The first kappa shape index (κ1) is 14.8. The number of rotatable bonds is 5. The highest BCUT2D eigenvalue weighted by Crippen LogP contribution is 2.28. The summed E-state index contributed by atoms with van der Waals surface area (Å²) in [5.74, 6) is 2.11. The van der Waals surface area contributed by atoms with Crippen LogP contribution in [-0.2, 0) is 6.61 Å². The Balaban J connectivity index is 1.62.